The Morgan fingerprint density at radius 3 is 2.44 bits per heavy atom. The average Bonchev–Trinajstić information content (AvgIpc) is 2.63. The second kappa shape index (κ2) is 7.26. The SMILES string of the molecule is O=Cc1cc(C=O)nc(Oc2cccnc2Nc2cccc(F)c2)n1. The van der Waals surface area contributed by atoms with E-state index in [0.717, 1.165) is 0 Å². The highest BCUT2D eigenvalue weighted by molar-refractivity contribution is 5.78. The molecule has 0 atom stereocenters. The molecule has 25 heavy (non-hydrogen) atoms. The topological polar surface area (TPSA) is 94.1 Å². The molecule has 0 saturated heterocycles. The molecule has 0 unspecified atom stereocenters. The number of halogens is 1. The van der Waals surface area contributed by atoms with Gasteiger partial charge in [-0.2, -0.15) is 9.97 Å². The van der Waals surface area contributed by atoms with Gasteiger partial charge in [0.1, 0.15) is 17.2 Å². The molecule has 0 radical (unpaired) electrons. The fraction of sp³-hybridized carbons (Fsp3) is 0. The zero-order valence-electron chi connectivity index (χ0n) is 12.7. The van der Waals surface area contributed by atoms with Crippen molar-refractivity contribution in [3.8, 4) is 11.8 Å². The van der Waals surface area contributed by atoms with Crippen molar-refractivity contribution >= 4 is 24.1 Å². The zero-order chi connectivity index (χ0) is 17.6. The molecule has 0 aliphatic heterocycles. The lowest BCUT2D eigenvalue weighted by Gasteiger charge is -2.11. The van der Waals surface area contributed by atoms with Crippen LogP contribution in [0.15, 0.2) is 48.7 Å². The van der Waals surface area contributed by atoms with E-state index < -0.39 is 5.82 Å². The lowest BCUT2D eigenvalue weighted by molar-refractivity contribution is 0.111. The molecule has 0 spiro atoms. The van der Waals surface area contributed by atoms with Crippen LogP contribution in [0.25, 0.3) is 0 Å². The number of benzene rings is 1. The Bertz CT molecular complexity index is 907. The third-order valence-corrected chi connectivity index (χ3v) is 3.05. The van der Waals surface area contributed by atoms with Crippen LogP contribution in [-0.4, -0.2) is 27.5 Å². The van der Waals surface area contributed by atoms with Crippen LogP contribution >= 0.6 is 0 Å². The van der Waals surface area contributed by atoms with Gasteiger partial charge in [-0.1, -0.05) is 6.07 Å². The molecular formula is C17H11FN4O3. The van der Waals surface area contributed by atoms with Gasteiger partial charge < -0.3 is 10.1 Å². The van der Waals surface area contributed by atoms with Gasteiger partial charge in [0.15, 0.2) is 24.1 Å². The van der Waals surface area contributed by atoms with Crippen LogP contribution in [0.5, 0.6) is 11.8 Å². The maximum Gasteiger partial charge on any atom is 0.323 e. The van der Waals surface area contributed by atoms with Gasteiger partial charge in [-0.3, -0.25) is 9.59 Å². The molecule has 1 aromatic carbocycles. The molecule has 124 valence electrons. The molecule has 7 nitrogen and oxygen atoms in total. The maximum atomic E-state index is 13.3. The summed E-state index contributed by atoms with van der Waals surface area (Å²) in [5.41, 5.74) is 0.492. The van der Waals surface area contributed by atoms with Crippen molar-refractivity contribution in [3.63, 3.8) is 0 Å². The van der Waals surface area contributed by atoms with E-state index in [1.807, 2.05) is 0 Å². The summed E-state index contributed by atoms with van der Waals surface area (Å²) in [4.78, 5) is 33.7. The lowest BCUT2D eigenvalue weighted by Crippen LogP contribution is -2.02. The van der Waals surface area contributed by atoms with Crippen molar-refractivity contribution in [2.24, 2.45) is 0 Å². The van der Waals surface area contributed by atoms with Crippen LogP contribution in [0, 0.1) is 5.82 Å². The largest absolute Gasteiger partial charge is 0.420 e. The van der Waals surface area contributed by atoms with Crippen LogP contribution < -0.4 is 10.1 Å². The molecule has 0 bridgehead atoms. The fourth-order valence-electron chi connectivity index (χ4n) is 2.00. The predicted octanol–water partition coefficient (Wildman–Crippen LogP) is 3.17. The van der Waals surface area contributed by atoms with E-state index in [0.29, 0.717) is 24.1 Å². The van der Waals surface area contributed by atoms with Crippen molar-refractivity contribution in [1.82, 2.24) is 15.0 Å². The summed E-state index contributed by atoms with van der Waals surface area (Å²) in [6.45, 7) is 0. The summed E-state index contributed by atoms with van der Waals surface area (Å²) in [7, 11) is 0. The van der Waals surface area contributed by atoms with Gasteiger partial charge >= 0.3 is 6.01 Å². The molecule has 0 aliphatic carbocycles. The van der Waals surface area contributed by atoms with Gasteiger partial charge in [-0.05, 0) is 36.4 Å². The molecule has 0 amide bonds. The first-order valence-electron chi connectivity index (χ1n) is 7.13. The summed E-state index contributed by atoms with van der Waals surface area (Å²) >= 11 is 0. The van der Waals surface area contributed by atoms with E-state index in [2.05, 4.69) is 20.3 Å². The Morgan fingerprint density at radius 1 is 1.00 bits per heavy atom. The predicted molar refractivity (Wildman–Crippen MR) is 86.8 cm³/mol. The first-order chi connectivity index (χ1) is 12.2. The van der Waals surface area contributed by atoms with Gasteiger partial charge in [0.05, 0.1) is 0 Å². The van der Waals surface area contributed by atoms with Crippen LogP contribution in [0.2, 0.25) is 0 Å². The van der Waals surface area contributed by atoms with E-state index in [9.17, 15) is 14.0 Å². The van der Waals surface area contributed by atoms with E-state index in [-0.39, 0.29) is 23.1 Å². The fourth-order valence-corrected chi connectivity index (χ4v) is 2.00. The zero-order valence-corrected chi connectivity index (χ0v) is 12.7. The highest BCUT2D eigenvalue weighted by Crippen LogP contribution is 2.28. The molecule has 1 N–H and O–H groups in total. The Hall–Kier alpha value is -3.68. The van der Waals surface area contributed by atoms with Gasteiger partial charge in [0.2, 0.25) is 0 Å². The number of aromatic nitrogens is 3. The van der Waals surface area contributed by atoms with Crippen LogP contribution in [0.1, 0.15) is 21.0 Å². The Morgan fingerprint density at radius 2 is 1.76 bits per heavy atom. The third kappa shape index (κ3) is 3.99. The Balaban J connectivity index is 1.91. The number of anilines is 2. The van der Waals surface area contributed by atoms with Crippen molar-refractivity contribution < 1.29 is 18.7 Å². The summed E-state index contributed by atoms with van der Waals surface area (Å²) in [6.07, 6.45) is 2.49. The molecule has 2 aromatic heterocycles. The van der Waals surface area contributed by atoms with Gasteiger partial charge in [-0.25, -0.2) is 9.37 Å². The van der Waals surface area contributed by atoms with Crippen molar-refractivity contribution in [2.75, 3.05) is 5.32 Å². The van der Waals surface area contributed by atoms with Gasteiger partial charge in [0, 0.05) is 11.9 Å². The number of nitrogens with one attached hydrogen (secondary N) is 1. The number of nitrogens with zero attached hydrogens (tertiary/aromatic N) is 3. The monoisotopic (exact) mass is 338 g/mol. The lowest BCUT2D eigenvalue weighted by atomic mass is 10.3. The smallest absolute Gasteiger partial charge is 0.323 e. The number of carbonyl (C=O) groups is 2. The number of carbonyl (C=O) groups excluding carboxylic acids is 2. The average molecular weight is 338 g/mol. The molecule has 3 aromatic rings. The number of hydrogen-bond donors (Lipinski definition) is 1. The third-order valence-electron chi connectivity index (χ3n) is 3.05. The quantitative estimate of drug-likeness (QED) is 0.690. The molecule has 0 aliphatic rings. The minimum atomic E-state index is -0.402. The first-order valence-corrected chi connectivity index (χ1v) is 7.13. The standard InChI is InChI=1S/C17H11FN4O3/c18-11-3-1-4-12(7-11)20-16-15(5-2-6-19-16)25-17-21-13(9-23)8-14(10-24)22-17/h1-10H,(H,19,20). The number of rotatable bonds is 6. The van der Waals surface area contributed by atoms with Gasteiger partial charge in [-0.15, -0.1) is 0 Å². The molecule has 0 fully saturated rings. The van der Waals surface area contributed by atoms with Crippen LogP contribution in [0.4, 0.5) is 15.9 Å². The highest BCUT2D eigenvalue weighted by atomic mass is 19.1. The number of ether oxygens (including phenoxy) is 1. The normalized spacial score (nSPS) is 10.1. The second-order valence-corrected chi connectivity index (χ2v) is 4.82. The summed E-state index contributed by atoms with van der Waals surface area (Å²) in [5.74, 6) is 0.133. The van der Waals surface area contributed by atoms with E-state index in [1.54, 1.807) is 24.3 Å². The van der Waals surface area contributed by atoms with Crippen LogP contribution in [0.3, 0.4) is 0 Å². The second-order valence-electron chi connectivity index (χ2n) is 4.82. The molecule has 8 heteroatoms. The van der Waals surface area contributed by atoms with E-state index in [4.69, 9.17) is 4.74 Å². The summed E-state index contributed by atoms with van der Waals surface area (Å²) in [5, 5.41) is 2.92. The summed E-state index contributed by atoms with van der Waals surface area (Å²) in [6, 6.07) is 10.1. The van der Waals surface area contributed by atoms with E-state index >= 15 is 0 Å². The molecule has 3 rings (SSSR count). The first kappa shape index (κ1) is 16.2. The summed E-state index contributed by atoms with van der Waals surface area (Å²) < 4.78 is 18.8. The van der Waals surface area contributed by atoms with Crippen molar-refractivity contribution in [3.05, 3.63) is 65.9 Å². The number of hydrogen-bond acceptors (Lipinski definition) is 7. The molecular weight excluding hydrogens is 327 g/mol. The van der Waals surface area contributed by atoms with Gasteiger partial charge in [0.25, 0.3) is 0 Å². The number of aldehydes is 2. The Labute approximate surface area is 141 Å². The van der Waals surface area contributed by atoms with Crippen molar-refractivity contribution in [1.29, 1.82) is 0 Å². The minimum absolute atomic E-state index is 0.00984. The Kier molecular flexibility index (Phi) is 4.70. The maximum absolute atomic E-state index is 13.3. The molecule has 2 heterocycles. The number of pyridine rings is 1. The molecule has 0 saturated carbocycles. The van der Waals surface area contributed by atoms with Crippen LogP contribution in [-0.2, 0) is 0 Å². The minimum Gasteiger partial charge on any atom is -0.420 e. The van der Waals surface area contributed by atoms with Crippen molar-refractivity contribution in [2.45, 2.75) is 0 Å². The highest BCUT2D eigenvalue weighted by Gasteiger charge is 2.11. The van der Waals surface area contributed by atoms with E-state index in [1.165, 1.54) is 24.4 Å².